The summed E-state index contributed by atoms with van der Waals surface area (Å²) in [5.41, 5.74) is 3.60. The Kier molecular flexibility index (Phi) is 4.96. The zero-order chi connectivity index (χ0) is 19.7. The third-order valence-electron chi connectivity index (χ3n) is 5.17. The molecule has 4 rings (SSSR count). The topological polar surface area (TPSA) is 64.4 Å². The average molecular weight is 377 g/mol. The molecule has 6 nitrogen and oxygen atoms in total. The van der Waals surface area contributed by atoms with Crippen LogP contribution in [0.5, 0.6) is 0 Å². The van der Waals surface area contributed by atoms with Gasteiger partial charge in [0.05, 0.1) is 16.6 Å². The number of aromatic nitrogens is 2. The third kappa shape index (κ3) is 3.68. The highest BCUT2D eigenvalue weighted by molar-refractivity contribution is 5.97. The lowest BCUT2D eigenvalue weighted by Crippen LogP contribution is -2.38. The number of ketones is 1. The molecule has 1 unspecified atom stereocenters. The Hall–Kier alpha value is -2.99. The first-order valence-corrected chi connectivity index (χ1v) is 9.49. The van der Waals surface area contributed by atoms with Crippen molar-refractivity contribution < 1.29 is 14.3 Å². The van der Waals surface area contributed by atoms with Gasteiger partial charge < -0.3 is 9.64 Å². The van der Waals surface area contributed by atoms with E-state index in [0.717, 1.165) is 42.7 Å². The maximum absolute atomic E-state index is 12.6. The standard InChI is InChI=1S/C22H23N3O3/c1-15(26)16-8-9-21-20(12-16)23-14-25(21)18-6-3-5-17(11-18)22(27)28-19-7-4-10-24(2)13-19/h3,5-6,8-9,11-12,14,19H,4,7,10,13H2,1-2H3. The smallest absolute Gasteiger partial charge is 0.338 e. The summed E-state index contributed by atoms with van der Waals surface area (Å²) >= 11 is 0. The van der Waals surface area contributed by atoms with Crippen LogP contribution in [0.25, 0.3) is 16.7 Å². The quantitative estimate of drug-likeness (QED) is 0.514. The molecule has 6 heteroatoms. The second-order valence-corrected chi connectivity index (χ2v) is 7.36. The molecule has 144 valence electrons. The lowest BCUT2D eigenvalue weighted by molar-refractivity contribution is 0.0108. The minimum absolute atomic E-state index is 0.00884. The van der Waals surface area contributed by atoms with E-state index in [-0.39, 0.29) is 17.9 Å². The van der Waals surface area contributed by atoms with E-state index in [1.165, 1.54) is 6.92 Å². The summed E-state index contributed by atoms with van der Waals surface area (Å²) in [6, 6.07) is 12.8. The molecular weight excluding hydrogens is 354 g/mol. The Morgan fingerprint density at radius 1 is 1.14 bits per heavy atom. The molecule has 1 fully saturated rings. The summed E-state index contributed by atoms with van der Waals surface area (Å²) in [5, 5.41) is 0. The molecule has 0 spiro atoms. The van der Waals surface area contributed by atoms with Crippen LogP contribution < -0.4 is 0 Å². The number of piperidine rings is 1. The number of carbonyl (C=O) groups is 2. The minimum Gasteiger partial charge on any atom is -0.457 e. The Morgan fingerprint density at radius 3 is 2.79 bits per heavy atom. The molecule has 0 saturated carbocycles. The monoisotopic (exact) mass is 377 g/mol. The van der Waals surface area contributed by atoms with Crippen LogP contribution in [0.2, 0.25) is 0 Å². The van der Waals surface area contributed by atoms with Gasteiger partial charge in [0, 0.05) is 17.8 Å². The van der Waals surface area contributed by atoms with Gasteiger partial charge in [0.1, 0.15) is 12.4 Å². The van der Waals surface area contributed by atoms with E-state index < -0.39 is 0 Å². The summed E-state index contributed by atoms with van der Waals surface area (Å²) < 4.78 is 7.61. The number of likely N-dealkylation sites (N-methyl/N-ethyl adjacent to an activating group) is 1. The predicted octanol–water partition coefficient (Wildman–Crippen LogP) is 3.48. The lowest BCUT2D eigenvalue weighted by Gasteiger charge is -2.29. The van der Waals surface area contributed by atoms with Crippen molar-refractivity contribution in [3.63, 3.8) is 0 Å². The number of hydrogen-bond acceptors (Lipinski definition) is 5. The second kappa shape index (κ2) is 7.56. The predicted molar refractivity (Wildman–Crippen MR) is 107 cm³/mol. The molecule has 1 aliphatic heterocycles. The number of likely N-dealkylation sites (tertiary alicyclic amines) is 1. The lowest BCUT2D eigenvalue weighted by atomic mass is 10.1. The largest absolute Gasteiger partial charge is 0.457 e. The molecule has 1 aromatic heterocycles. The molecule has 1 atom stereocenters. The van der Waals surface area contributed by atoms with Crippen LogP contribution in [-0.2, 0) is 4.74 Å². The first-order chi connectivity index (χ1) is 13.5. The summed E-state index contributed by atoms with van der Waals surface area (Å²) in [6.45, 7) is 3.36. The Labute approximate surface area is 163 Å². The highest BCUT2D eigenvalue weighted by Crippen LogP contribution is 2.21. The van der Waals surface area contributed by atoms with Gasteiger partial charge in [-0.2, -0.15) is 0 Å². The molecule has 0 aliphatic carbocycles. The number of hydrogen-bond donors (Lipinski definition) is 0. The summed E-state index contributed by atoms with van der Waals surface area (Å²) in [7, 11) is 2.04. The van der Waals surface area contributed by atoms with Gasteiger partial charge in [0.2, 0.25) is 0 Å². The van der Waals surface area contributed by atoms with E-state index in [0.29, 0.717) is 11.1 Å². The van der Waals surface area contributed by atoms with Crippen molar-refractivity contribution in [3.8, 4) is 5.69 Å². The Balaban J connectivity index is 1.59. The zero-order valence-corrected chi connectivity index (χ0v) is 16.1. The molecular formula is C22H23N3O3. The number of rotatable bonds is 4. The molecule has 28 heavy (non-hydrogen) atoms. The average Bonchev–Trinajstić information content (AvgIpc) is 3.11. The van der Waals surface area contributed by atoms with Gasteiger partial charge in [0.25, 0.3) is 0 Å². The summed E-state index contributed by atoms with van der Waals surface area (Å²) in [6.07, 6.45) is 3.59. The molecule has 0 bridgehead atoms. The van der Waals surface area contributed by atoms with Gasteiger partial charge in [-0.3, -0.25) is 9.36 Å². The number of ether oxygens (including phenoxy) is 1. The number of nitrogens with zero attached hydrogens (tertiary/aromatic N) is 3. The van der Waals surface area contributed by atoms with Crippen LogP contribution in [0, 0.1) is 0 Å². The molecule has 0 amide bonds. The van der Waals surface area contributed by atoms with Gasteiger partial charge in [-0.25, -0.2) is 9.78 Å². The van der Waals surface area contributed by atoms with Crippen molar-refractivity contribution in [3.05, 3.63) is 59.9 Å². The Bertz CT molecular complexity index is 1040. The van der Waals surface area contributed by atoms with Crippen molar-refractivity contribution >= 4 is 22.8 Å². The number of imidazole rings is 1. The molecule has 2 heterocycles. The molecule has 0 radical (unpaired) electrons. The fraction of sp³-hybridized carbons (Fsp3) is 0.318. The van der Waals surface area contributed by atoms with Crippen LogP contribution in [0.1, 0.15) is 40.5 Å². The van der Waals surface area contributed by atoms with E-state index in [1.807, 2.05) is 35.9 Å². The Morgan fingerprint density at radius 2 is 2.00 bits per heavy atom. The van der Waals surface area contributed by atoms with Crippen molar-refractivity contribution in [1.82, 2.24) is 14.5 Å². The maximum atomic E-state index is 12.6. The van der Waals surface area contributed by atoms with Crippen molar-refractivity contribution in [1.29, 1.82) is 0 Å². The van der Waals surface area contributed by atoms with E-state index in [9.17, 15) is 9.59 Å². The van der Waals surface area contributed by atoms with E-state index in [1.54, 1.807) is 24.5 Å². The molecule has 1 saturated heterocycles. The number of benzene rings is 2. The van der Waals surface area contributed by atoms with Crippen molar-refractivity contribution in [2.75, 3.05) is 20.1 Å². The molecule has 3 aromatic rings. The number of fused-ring (bicyclic) bond motifs is 1. The normalized spacial score (nSPS) is 17.6. The highest BCUT2D eigenvalue weighted by atomic mass is 16.5. The summed E-state index contributed by atoms with van der Waals surface area (Å²) in [4.78, 5) is 30.8. The van der Waals surface area contributed by atoms with Crippen molar-refractivity contribution in [2.45, 2.75) is 25.9 Å². The highest BCUT2D eigenvalue weighted by Gasteiger charge is 2.21. The van der Waals surface area contributed by atoms with Crippen LogP contribution in [0.4, 0.5) is 0 Å². The van der Waals surface area contributed by atoms with Gasteiger partial charge in [-0.15, -0.1) is 0 Å². The van der Waals surface area contributed by atoms with Crippen LogP contribution in [0.15, 0.2) is 48.8 Å². The number of carbonyl (C=O) groups excluding carboxylic acids is 2. The first kappa shape index (κ1) is 18.4. The second-order valence-electron chi connectivity index (χ2n) is 7.36. The van der Waals surface area contributed by atoms with E-state index in [2.05, 4.69) is 9.88 Å². The zero-order valence-electron chi connectivity index (χ0n) is 16.1. The van der Waals surface area contributed by atoms with Crippen LogP contribution >= 0.6 is 0 Å². The molecule has 1 aliphatic rings. The first-order valence-electron chi connectivity index (χ1n) is 9.49. The molecule has 0 N–H and O–H groups in total. The minimum atomic E-state index is -0.301. The fourth-order valence-electron chi connectivity index (χ4n) is 3.65. The molecule has 2 aromatic carbocycles. The third-order valence-corrected chi connectivity index (χ3v) is 5.17. The van der Waals surface area contributed by atoms with Gasteiger partial charge in [0.15, 0.2) is 5.78 Å². The SMILES string of the molecule is CC(=O)c1ccc2c(c1)ncn2-c1cccc(C(=O)OC2CCCN(C)C2)c1. The number of esters is 1. The van der Waals surface area contributed by atoms with Crippen molar-refractivity contribution in [2.24, 2.45) is 0 Å². The van der Waals surface area contributed by atoms with E-state index >= 15 is 0 Å². The van der Waals surface area contributed by atoms with Crippen LogP contribution in [0.3, 0.4) is 0 Å². The summed E-state index contributed by atoms with van der Waals surface area (Å²) in [5.74, 6) is -0.292. The van der Waals surface area contributed by atoms with Crippen LogP contribution in [-0.4, -0.2) is 52.4 Å². The maximum Gasteiger partial charge on any atom is 0.338 e. The van der Waals surface area contributed by atoms with Gasteiger partial charge in [-0.05, 0) is 69.8 Å². The number of Topliss-reactive ketones (excluding diaryl/α,β-unsaturated/α-hetero) is 1. The van der Waals surface area contributed by atoms with Gasteiger partial charge >= 0.3 is 5.97 Å². The fourth-order valence-corrected chi connectivity index (χ4v) is 3.65. The van der Waals surface area contributed by atoms with Gasteiger partial charge in [-0.1, -0.05) is 6.07 Å². The van der Waals surface area contributed by atoms with E-state index in [4.69, 9.17) is 4.74 Å².